The average Bonchev–Trinajstić information content (AvgIpc) is 2.81. The minimum absolute atomic E-state index is 0.406. The first-order chi connectivity index (χ1) is 9.19. The molecule has 3 rings (SSSR count). The molecule has 1 saturated carbocycles. The van der Waals surface area contributed by atoms with Gasteiger partial charge in [-0.1, -0.05) is 19.3 Å². The molecule has 1 saturated heterocycles. The molecule has 1 spiro atoms. The summed E-state index contributed by atoms with van der Waals surface area (Å²) >= 11 is 1.81. The third-order valence-electron chi connectivity index (χ3n) is 4.90. The molecule has 4 heteroatoms. The Balaban J connectivity index is 1.70. The van der Waals surface area contributed by atoms with Gasteiger partial charge in [0.1, 0.15) is 0 Å². The maximum absolute atomic E-state index is 4.39. The van der Waals surface area contributed by atoms with Crippen LogP contribution in [0.2, 0.25) is 0 Å². The normalized spacial score (nSPS) is 27.8. The Morgan fingerprint density at radius 1 is 1.42 bits per heavy atom. The number of piperazine rings is 1. The van der Waals surface area contributed by atoms with Crippen LogP contribution in [0.3, 0.4) is 0 Å². The van der Waals surface area contributed by atoms with Gasteiger partial charge in [-0.2, -0.15) is 0 Å². The third kappa shape index (κ3) is 2.86. The van der Waals surface area contributed by atoms with E-state index in [4.69, 9.17) is 0 Å². The Morgan fingerprint density at radius 3 is 2.89 bits per heavy atom. The first-order valence-electron chi connectivity index (χ1n) is 7.57. The lowest BCUT2D eigenvalue weighted by atomic mass is 9.79. The van der Waals surface area contributed by atoms with Crippen molar-refractivity contribution in [1.29, 1.82) is 0 Å². The average molecular weight is 279 g/mol. The molecule has 1 N–H and O–H groups in total. The highest BCUT2D eigenvalue weighted by Gasteiger charge is 2.38. The van der Waals surface area contributed by atoms with E-state index < -0.39 is 0 Å². The summed E-state index contributed by atoms with van der Waals surface area (Å²) in [6.07, 6.45) is 6.94. The van der Waals surface area contributed by atoms with Gasteiger partial charge in [-0.3, -0.25) is 4.90 Å². The summed E-state index contributed by atoms with van der Waals surface area (Å²) in [5.41, 5.74) is 3.60. The number of aromatic nitrogens is 1. The molecule has 0 bridgehead atoms. The van der Waals surface area contributed by atoms with E-state index in [1.54, 1.807) is 0 Å². The fourth-order valence-corrected chi connectivity index (χ4v) is 4.33. The zero-order chi connectivity index (χ0) is 13.3. The molecule has 106 valence electrons. The number of hydrogen-bond acceptors (Lipinski definition) is 4. The van der Waals surface area contributed by atoms with E-state index in [-0.39, 0.29) is 0 Å². The van der Waals surface area contributed by atoms with Crippen molar-refractivity contribution in [2.24, 2.45) is 0 Å². The van der Waals surface area contributed by atoms with Gasteiger partial charge in [-0.05, 0) is 26.7 Å². The van der Waals surface area contributed by atoms with Gasteiger partial charge in [0.2, 0.25) is 0 Å². The highest BCUT2D eigenvalue weighted by atomic mass is 32.1. The van der Waals surface area contributed by atoms with Crippen molar-refractivity contribution in [2.45, 2.75) is 64.1 Å². The number of hydrogen-bond donors (Lipinski definition) is 1. The van der Waals surface area contributed by atoms with Crippen LogP contribution in [-0.4, -0.2) is 34.6 Å². The smallest absolute Gasteiger partial charge is 0.0798 e. The van der Waals surface area contributed by atoms with Crippen molar-refractivity contribution in [3.63, 3.8) is 0 Å². The van der Waals surface area contributed by atoms with Crippen molar-refractivity contribution in [2.75, 3.05) is 13.1 Å². The first-order valence-corrected chi connectivity index (χ1v) is 8.45. The maximum atomic E-state index is 4.39. The van der Waals surface area contributed by atoms with Gasteiger partial charge in [-0.25, -0.2) is 4.98 Å². The summed E-state index contributed by atoms with van der Waals surface area (Å²) in [6, 6.07) is 0.633. The third-order valence-corrected chi connectivity index (χ3v) is 5.82. The van der Waals surface area contributed by atoms with Gasteiger partial charge in [0.25, 0.3) is 0 Å². The molecule has 0 aromatic carbocycles. The van der Waals surface area contributed by atoms with Crippen LogP contribution in [0.4, 0.5) is 0 Å². The van der Waals surface area contributed by atoms with E-state index in [0.717, 1.165) is 13.1 Å². The second-order valence-electron chi connectivity index (χ2n) is 6.34. The molecule has 1 unspecified atom stereocenters. The van der Waals surface area contributed by atoms with Crippen LogP contribution in [0, 0.1) is 6.92 Å². The number of aryl methyl sites for hydroxylation is 1. The van der Waals surface area contributed by atoms with Crippen LogP contribution in [-0.2, 0) is 6.54 Å². The lowest BCUT2D eigenvalue weighted by molar-refractivity contribution is 0.0578. The monoisotopic (exact) mass is 279 g/mol. The summed E-state index contributed by atoms with van der Waals surface area (Å²) < 4.78 is 0. The number of thiazole rings is 1. The quantitative estimate of drug-likeness (QED) is 0.902. The van der Waals surface area contributed by atoms with Crippen molar-refractivity contribution < 1.29 is 0 Å². The van der Waals surface area contributed by atoms with Gasteiger partial charge in [0.05, 0.1) is 11.2 Å². The molecule has 2 heterocycles. The highest BCUT2D eigenvalue weighted by Crippen LogP contribution is 2.32. The number of nitrogens with zero attached hydrogens (tertiary/aromatic N) is 2. The number of rotatable bonds is 2. The Labute approximate surface area is 120 Å². The maximum Gasteiger partial charge on any atom is 0.0798 e. The van der Waals surface area contributed by atoms with E-state index in [1.807, 2.05) is 16.8 Å². The molecule has 0 radical (unpaired) electrons. The van der Waals surface area contributed by atoms with Crippen molar-refractivity contribution in [1.82, 2.24) is 15.2 Å². The molecule has 1 atom stereocenters. The zero-order valence-corrected chi connectivity index (χ0v) is 12.9. The molecule has 2 aliphatic rings. The van der Waals surface area contributed by atoms with Gasteiger partial charge in [0.15, 0.2) is 0 Å². The van der Waals surface area contributed by atoms with Crippen LogP contribution in [0.15, 0.2) is 5.51 Å². The standard InChI is InChI=1S/C15H25N3S/c1-12-8-17-15(6-4-3-5-7-15)10-18(12)9-14-13(2)16-11-19-14/h11-12,17H,3-10H2,1-2H3. The van der Waals surface area contributed by atoms with Gasteiger partial charge in [0, 0.05) is 36.1 Å². The SMILES string of the molecule is Cc1ncsc1CN1CC2(CCCCC2)NCC1C. The molecule has 2 fully saturated rings. The Kier molecular flexibility index (Phi) is 3.92. The van der Waals surface area contributed by atoms with Crippen molar-refractivity contribution >= 4 is 11.3 Å². The molecule has 1 aliphatic heterocycles. The molecular weight excluding hydrogens is 254 g/mol. The molecule has 0 amide bonds. The van der Waals surface area contributed by atoms with Gasteiger partial charge >= 0.3 is 0 Å². The minimum atomic E-state index is 0.406. The fourth-order valence-electron chi connectivity index (χ4n) is 3.53. The van der Waals surface area contributed by atoms with Crippen LogP contribution in [0.5, 0.6) is 0 Å². The second kappa shape index (κ2) is 5.51. The van der Waals surface area contributed by atoms with Gasteiger partial charge < -0.3 is 5.32 Å². The Morgan fingerprint density at radius 2 is 2.21 bits per heavy atom. The Bertz CT molecular complexity index is 423. The molecular formula is C15H25N3S. The zero-order valence-electron chi connectivity index (χ0n) is 12.1. The van der Waals surface area contributed by atoms with Crippen molar-refractivity contribution in [3.8, 4) is 0 Å². The lowest BCUT2D eigenvalue weighted by Crippen LogP contribution is -2.63. The van der Waals surface area contributed by atoms with E-state index >= 15 is 0 Å². The van der Waals surface area contributed by atoms with Crippen molar-refractivity contribution in [3.05, 3.63) is 16.1 Å². The van der Waals surface area contributed by atoms with Gasteiger partial charge in [-0.15, -0.1) is 11.3 Å². The fraction of sp³-hybridized carbons (Fsp3) is 0.800. The summed E-state index contributed by atoms with van der Waals surface area (Å²) in [7, 11) is 0. The highest BCUT2D eigenvalue weighted by molar-refractivity contribution is 7.09. The van der Waals surface area contributed by atoms with Crippen LogP contribution in [0.1, 0.15) is 49.6 Å². The molecule has 19 heavy (non-hydrogen) atoms. The number of nitrogens with one attached hydrogen (secondary N) is 1. The largest absolute Gasteiger partial charge is 0.308 e. The predicted molar refractivity (Wildman–Crippen MR) is 80.5 cm³/mol. The summed E-state index contributed by atoms with van der Waals surface area (Å²) in [5, 5.41) is 3.85. The topological polar surface area (TPSA) is 28.2 Å². The second-order valence-corrected chi connectivity index (χ2v) is 7.28. The Hall–Kier alpha value is -0.450. The first kappa shape index (κ1) is 13.5. The summed E-state index contributed by atoms with van der Waals surface area (Å²) in [4.78, 5) is 8.50. The molecule has 1 aliphatic carbocycles. The summed E-state index contributed by atoms with van der Waals surface area (Å²) in [6.45, 7) is 7.92. The van der Waals surface area contributed by atoms with E-state index in [9.17, 15) is 0 Å². The molecule has 1 aromatic heterocycles. The van der Waals surface area contributed by atoms with E-state index in [2.05, 4.69) is 29.0 Å². The van der Waals surface area contributed by atoms with E-state index in [0.29, 0.717) is 11.6 Å². The molecule has 3 nitrogen and oxygen atoms in total. The van der Waals surface area contributed by atoms with Crippen LogP contribution in [0.25, 0.3) is 0 Å². The van der Waals surface area contributed by atoms with E-state index in [1.165, 1.54) is 49.2 Å². The summed E-state index contributed by atoms with van der Waals surface area (Å²) in [5.74, 6) is 0. The van der Waals surface area contributed by atoms with Crippen LogP contribution >= 0.6 is 11.3 Å². The minimum Gasteiger partial charge on any atom is -0.308 e. The predicted octanol–water partition coefficient (Wildman–Crippen LogP) is 2.95. The lowest BCUT2D eigenvalue weighted by Gasteiger charge is -2.49. The van der Waals surface area contributed by atoms with Crippen LogP contribution < -0.4 is 5.32 Å². The molecule has 1 aromatic rings.